The third kappa shape index (κ3) is 2.38. The van der Waals surface area contributed by atoms with E-state index in [1.165, 1.54) is 12.8 Å². The van der Waals surface area contributed by atoms with E-state index in [9.17, 15) is 0 Å². The normalized spacial score (nSPS) is 20.3. The molecule has 1 N–H and O–H groups in total. The Bertz CT molecular complexity index is 517. The molecule has 2 aromatic rings. The average Bonchev–Trinajstić information content (AvgIpc) is 3.10. The van der Waals surface area contributed by atoms with Gasteiger partial charge in [-0.25, -0.2) is 0 Å². The Morgan fingerprint density at radius 2 is 2.21 bits per heavy atom. The van der Waals surface area contributed by atoms with E-state index in [0.29, 0.717) is 12.1 Å². The molecule has 1 atom stereocenters. The maximum Gasteiger partial charge on any atom is 0.106 e. The fraction of sp³-hybridized carbons (Fsp3) is 0.500. The third-order valence-corrected chi connectivity index (χ3v) is 3.75. The van der Waals surface area contributed by atoms with E-state index in [-0.39, 0.29) is 0 Å². The van der Waals surface area contributed by atoms with Gasteiger partial charge in [0.2, 0.25) is 0 Å². The van der Waals surface area contributed by atoms with Crippen LogP contribution in [0.25, 0.3) is 11.4 Å². The van der Waals surface area contributed by atoms with Crippen LogP contribution in [0.15, 0.2) is 24.7 Å². The maximum atomic E-state index is 4.60. The lowest BCUT2D eigenvalue weighted by Gasteiger charge is -2.27. The SMILES string of the molecule is CC(C)N1CCCC1c1cnc(-c2ccn[nH]2)cn1. The first-order valence-corrected chi connectivity index (χ1v) is 6.83. The summed E-state index contributed by atoms with van der Waals surface area (Å²) in [6.07, 6.45) is 7.88. The van der Waals surface area contributed by atoms with Crippen LogP contribution in [-0.2, 0) is 0 Å². The van der Waals surface area contributed by atoms with Gasteiger partial charge in [-0.3, -0.25) is 20.0 Å². The maximum absolute atomic E-state index is 4.60. The van der Waals surface area contributed by atoms with E-state index in [1.807, 2.05) is 18.5 Å². The van der Waals surface area contributed by atoms with Gasteiger partial charge < -0.3 is 0 Å². The van der Waals surface area contributed by atoms with Gasteiger partial charge in [-0.1, -0.05) is 0 Å². The summed E-state index contributed by atoms with van der Waals surface area (Å²) in [5, 5.41) is 6.84. The molecule has 1 saturated heterocycles. The van der Waals surface area contributed by atoms with E-state index < -0.39 is 0 Å². The summed E-state index contributed by atoms with van der Waals surface area (Å²) >= 11 is 0. The van der Waals surface area contributed by atoms with Crippen molar-refractivity contribution in [1.82, 2.24) is 25.1 Å². The molecule has 1 aliphatic heterocycles. The van der Waals surface area contributed by atoms with E-state index >= 15 is 0 Å². The number of nitrogens with one attached hydrogen (secondary N) is 1. The summed E-state index contributed by atoms with van der Waals surface area (Å²) in [4.78, 5) is 11.6. The van der Waals surface area contributed by atoms with Gasteiger partial charge in [0.05, 0.1) is 29.8 Å². The van der Waals surface area contributed by atoms with Crippen molar-refractivity contribution in [3.8, 4) is 11.4 Å². The molecule has 3 heterocycles. The van der Waals surface area contributed by atoms with Crippen molar-refractivity contribution in [2.45, 2.75) is 38.8 Å². The minimum atomic E-state index is 0.420. The monoisotopic (exact) mass is 257 g/mol. The highest BCUT2D eigenvalue weighted by Crippen LogP contribution is 2.32. The predicted octanol–water partition coefficient (Wildman–Crippen LogP) is 2.41. The molecule has 0 radical (unpaired) electrons. The summed E-state index contributed by atoms with van der Waals surface area (Å²) in [6, 6.07) is 2.88. The molecule has 5 nitrogen and oxygen atoms in total. The van der Waals surface area contributed by atoms with E-state index in [2.05, 4.69) is 38.9 Å². The van der Waals surface area contributed by atoms with Gasteiger partial charge in [-0.05, 0) is 39.3 Å². The lowest BCUT2D eigenvalue weighted by molar-refractivity contribution is 0.202. The average molecular weight is 257 g/mol. The van der Waals surface area contributed by atoms with Gasteiger partial charge in [0.25, 0.3) is 0 Å². The van der Waals surface area contributed by atoms with Gasteiger partial charge in [-0.2, -0.15) is 5.10 Å². The van der Waals surface area contributed by atoms with Crippen LogP contribution < -0.4 is 0 Å². The van der Waals surface area contributed by atoms with Crippen LogP contribution in [0.3, 0.4) is 0 Å². The predicted molar refractivity (Wildman–Crippen MR) is 73.4 cm³/mol. The van der Waals surface area contributed by atoms with Crippen LogP contribution in [-0.4, -0.2) is 37.7 Å². The first kappa shape index (κ1) is 12.3. The van der Waals surface area contributed by atoms with Crippen molar-refractivity contribution in [2.24, 2.45) is 0 Å². The zero-order chi connectivity index (χ0) is 13.2. The highest BCUT2D eigenvalue weighted by Gasteiger charge is 2.28. The third-order valence-electron chi connectivity index (χ3n) is 3.75. The van der Waals surface area contributed by atoms with Crippen LogP contribution in [0.2, 0.25) is 0 Å². The quantitative estimate of drug-likeness (QED) is 0.917. The van der Waals surface area contributed by atoms with Gasteiger partial charge in [0.1, 0.15) is 5.69 Å². The van der Waals surface area contributed by atoms with Crippen LogP contribution >= 0.6 is 0 Å². The highest BCUT2D eigenvalue weighted by molar-refractivity contribution is 5.51. The number of hydrogen-bond acceptors (Lipinski definition) is 4. The molecule has 0 bridgehead atoms. The lowest BCUT2D eigenvalue weighted by atomic mass is 10.1. The topological polar surface area (TPSA) is 57.7 Å². The summed E-state index contributed by atoms with van der Waals surface area (Å²) in [7, 11) is 0. The van der Waals surface area contributed by atoms with Crippen LogP contribution in [0.1, 0.15) is 38.4 Å². The number of rotatable bonds is 3. The van der Waals surface area contributed by atoms with Gasteiger partial charge in [-0.15, -0.1) is 0 Å². The summed E-state index contributed by atoms with van der Waals surface area (Å²) in [6.45, 7) is 5.64. The number of nitrogens with zero attached hydrogens (tertiary/aromatic N) is 4. The number of H-pyrrole nitrogens is 1. The molecule has 0 spiro atoms. The molecule has 0 amide bonds. The second-order valence-corrected chi connectivity index (χ2v) is 5.29. The van der Waals surface area contributed by atoms with Gasteiger partial charge in [0, 0.05) is 12.2 Å². The summed E-state index contributed by atoms with van der Waals surface area (Å²) in [5.74, 6) is 0. The Morgan fingerprint density at radius 1 is 1.32 bits per heavy atom. The first-order chi connectivity index (χ1) is 9.25. The lowest BCUT2D eigenvalue weighted by Crippen LogP contribution is -2.30. The highest BCUT2D eigenvalue weighted by atomic mass is 15.2. The summed E-state index contributed by atoms with van der Waals surface area (Å²) in [5.41, 5.74) is 2.83. The molecule has 1 aliphatic rings. The molecular weight excluding hydrogens is 238 g/mol. The Balaban J connectivity index is 1.83. The van der Waals surface area contributed by atoms with Crippen molar-refractivity contribution in [2.75, 3.05) is 6.54 Å². The minimum absolute atomic E-state index is 0.420. The van der Waals surface area contributed by atoms with Crippen LogP contribution in [0, 0.1) is 0 Å². The molecular formula is C14H19N5. The van der Waals surface area contributed by atoms with Gasteiger partial charge in [0.15, 0.2) is 0 Å². The molecule has 0 aromatic carbocycles. The molecule has 5 heteroatoms. The van der Waals surface area contributed by atoms with Crippen molar-refractivity contribution < 1.29 is 0 Å². The van der Waals surface area contributed by atoms with E-state index in [0.717, 1.165) is 23.6 Å². The van der Waals surface area contributed by atoms with E-state index in [1.54, 1.807) is 6.20 Å². The zero-order valence-corrected chi connectivity index (χ0v) is 11.4. The molecule has 0 saturated carbocycles. The second-order valence-electron chi connectivity index (χ2n) is 5.29. The van der Waals surface area contributed by atoms with Crippen LogP contribution in [0.5, 0.6) is 0 Å². The fourth-order valence-corrected chi connectivity index (χ4v) is 2.77. The zero-order valence-electron chi connectivity index (χ0n) is 11.4. The smallest absolute Gasteiger partial charge is 0.106 e. The van der Waals surface area contributed by atoms with Crippen molar-refractivity contribution in [3.63, 3.8) is 0 Å². The molecule has 100 valence electrons. The Labute approximate surface area is 113 Å². The first-order valence-electron chi connectivity index (χ1n) is 6.83. The number of aromatic amines is 1. The van der Waals surface area contributed by atoms with Crippen LogP contribution in [0.4, 0.5) is 0 Å². The molecule has 1 unspecified atom stereocenters. The summed E-state index contributed by atoms with van der Waals surface area (Å²) < 4.78 is 0. The number of hydrogen-bond donors (Lipinski definition) is 1. The number of likely N-dealkylation sites (tertiary alicyclic amines) is 1. The fourth-order valence-electron chi connectivity index (χ4n) is 2.77. The largest absolute Gasteiger partial charge is 0.292 e. The molecule has 3 rings (SSSR count). The Morgan fingerprint density at radius 3 is 2.84 bits per heavy atom. The van der Waals surface area contributed by atoms with E-state index in [4.69, 9.17) is 0 Å². The van der Waals surface area contributed by atoms with Gasteiger partial charge >= 0.3 is 0 Å². The molecule has 19 heavy (non-hydrogen) atoms. The Hall–Kier alpha value is -1.75. The van der Waals surface area contributed by atoms with Crippen molar-refractivity contribution in [3.05, 3.63) is 30.4 Å². The second kappa shape index (κ2) is 5.09. The Kier molecular flexibility index (Phi) is 3.29. The standard InChI is InChI=1S/C14H19N5/c1-10(2)19-7-3-4-14(19)13-9-15-12(8-16-13)11-5-6-17-18-11/h5-6,8-10,14H,3-4,7H2,1-2H3,(H,17,18). The molecule has 0 aliphatic carbocycles. The minimum Gasteiger partial charge on any atom is -0.292 e. The van der Waals surface area contributed by atoms with Crippen molar-refractivity contribution in [1.29, 1.82) is 0 Å². The van der Waals surface area contributed by atoms with Crippen molar-refractivity contribution >= 4 is 0 Å². The molecule has 2 aromatic heterocycles. The number of aromatic nitrogens is 4. The molecule has 1 fully saturated rings.